The van der Waals surface area contributed by atoms with E-state index in [0.717, 1.165) is 5.69 Å². The molecule has 1 amide bonds. The molecule has 0 fully saturated rings. The Morgan fingerprint density at radius 1 is 1.28 bits per heavy atom. The van der Waals surface area contributed by atoms with E-state index in [1.54, 1.807) is 46.3 Å². The van der Waals surface area contributed by atoms with Crippen LogP contribution in [-0.2, 0) is 7.05 Å². The maximum Gasteiger partial charge on any atom is 0.255 e. The summed E-state index contributed by atoms with van der Waals surface area (Å²) in [6.07, 6.45) is 0. The fraction of sp³-hybridized carbons (Fsp3) is 0.692. The third-order valence-electron chi connectivity index (χ3n) is 3.69. The van der Waals surface area contributed by atoms with Crippen LogP contribution in [0.25, 0.3) is 0 Å². The molecule has 18 heavy (non-hydrogen) atoms. The van der Waals surface area contributed by atoms with Crippen molar-refractivity contribution in [3.63, 3.8) is 0 Å². The van der Waals surface area contributed by atoms with Crippen LogP contribution in [0.1, 0.15) is 49.4 Å². The van der Waals surface area contributed by atoms with Crippen molar-refractivity contribution in [3.05, 3.63) is 17.0 Å². The van der Waals surface area contributed by atoms with Crippen LogP contribution in [0.5, 0.6) is 0 Å². The predicted octanol–water partition coefficient (Wildman–Crippen LogP) is 1.32. The number of nitrogens with one attached hydrogen (secondary N) is 1. The maximum absolute atomic E-state index is 12.3. The lowest BCUT2D eigenvalue weighted by Gasteiger charge is -2.38. The summed E-state index contributed by atoms with van der Waals surface area (Å²) in [6.45, 7) is 10.6. The van der Waals surface area contributed by atoms with Crippen LogP contribution in [0.15, 0.2) is 0 Å². The Labute approximate surface area is 108 Å². The van der Waals surface area contributed by atoms with Gasteiger partial charge in [0.1, 0.15) is 0 Å². The summed E-state index contributed by atoms with van der Waals surface area (Å²) in [5.41, 5.74) is 0.358. The highest BCUT2D eigenvalue weighted by molar-refractivity contribution is 5.96. The van der Waals surface area contributed by atoms with E-state index in [2.05, 4.69) is 10.4 Å². The van der Waals surface area contributed by atoms with Crippen LogP contribution in [0.2, 0.25) is 0 Å². The van der Waals surface area contributed by atoms with Crippen molar-refractivity contribution in [2.75, 3.05) is 0 Å². The van der Waals surface area contributed by atoms with Crippen LogP contribution >= 0.6 is 0 Å². The van der Waals surface area contributed by atoms with Crippen molar-refractivity contribution in [2.24, 2.45) is 7.05 Å². The van der Waals surface area contributed by atoms with Gasteiger partial charge in [0.25, 0.3) is 5.91 Å². The van der Waals surface area contributed by atoms with Crippen molar-refractivity contribution in [1.82, 2.24) is 15.1 Å². The zero-order chi connectivity index (χ0) is 14.3. The summed E-state index contributed by atoms with van der Waals surface area (Å²) >= 11 is 0. The highest BCUT2D eigenvalue weighted by Crippen LogP contribution is 2.22. The van der Waals surface area contributed by atoms with Crippen molar-refractivity contribution in [3.8, 4) is 0 Å². The molecule has 0 unspecified atom stereocenters. The van der Waals surface area contributed by atoms with Gasteiger partial charge in [-0.1, -0.05) is 0 Å². The normalized spacial score (nSPS) is 12.7. The first kappa shape index (κ1) is 14.7. The second-order valence-corrected chi connectivity index (χ2v) is 5.81. The minimum Gasteiger partial charge on any atom is -0.388 e. The molecule has 0 radical (unpaired) electrons. The molecule has 2 N–H and O–H groups in total. The lowest BCUT2D eigenvalue weighted by atomic mass is 9.85. The standard InChI is InChI=1S/C13H23N3O2/c1-8-10(9(2)16(7)15-8)11(17)14-12(3,4)13(5,6)18/h18H,1-7H3,(H,14,17). The summed E-state index contributed by atoms with van der Waals surface area (Å²) in [5.74, 6) is -0.203. The van der Waals surface area contributed by atoms with Gasteiger partial charge >= 0.3 is 0 Å². The molecule has 0 saturated carbocycles. The average Bonchev–Trinajstić information content (AvgIpc) is 2.38. The van der Waals surface area contributed by atoms with Gasteiger partial charge in [0.05, 0.1) is 22.4 Å². The molecule has 0 spiro atoms. The second-order valence-electron chi connectivity index (χ2n) is 5.81. The van der Waals surface area contributed by atoms with Gasteiger partial charge in [-0.25, -0.2) is 0 Å². The minimum atomic E-state index is -1.01. The van der Waals surface area contributed by atoms with E-state index in [9.17, 15) is 9.90 Å². The number of amides is 1. The largest absolute Gasteiger partial charge is 0.388 e. The van der Waals surface area contributed by atoms with Crippen molar-refractivity contribution in [2.45, 2.75) is 52.7 Å². The molecule has 0 aromatic carbocycles. The zero-order valence-electron chi connectivity index (χ0n) is 12.2. The highest BCUT2D eigenvalue weighted by Gasteiger charge is 2.37. The van der Waals surface area contributed by atoms with Crippen molar-refractivity contribution in [1.29, 1.82) is 0 Å². The lowest BCUT2D eigenvalue weighted by molar-refractivity contribution is -0.00295. The van der Waals surface area contributed by atoms with E-state index < -0.39 is 11.1 Å². The lowest BCUT2D eigenvalue weighted by Crippen LogP contribution is -2.57. The Morgan fingerprint density at radius 2 is 1.78 bits per heavy atom. The molecule has 5 nitrogen and oxygen atoms in total. The molecule has 5 heteroatoms. The molecule has 1 heterocycles. The van der Waals surface area contributed by atoms with Crippen molar-refractivity contribution < 1.29 is 9.90 Å². The Balaban J connectivity index is 3.04. The molecule has 102 valence electrons. The zero-order valence-corrected chi connectivity index (χ0v) is 12.2. The monoisotopic (exact) mass is 253 g/mol. The van der Waals surface area contributed by atoms with Crippen LogP contribution in [-0.4, -0.2) is 31.9 Å². The molecule has 0 aliphatic rings. The molecular weight excluding hydrogens is 230 g/mol. The molecule has 1 rings (SSSR count). The minimum absolute atomic E-state index is 0.203. The molecule has 0 aliphatic heterocycles. The van der Waals surface area contributed by atoms with E-state index in [4.69, 9.17) is 0 Å². The first-order valence-corrected chi connectivity index (χ1v) is 6.02. The van der Waals surface area contributed by atoms with Crippen LogP contribution < -0.4 is 5.32 Å². The first-order chi connectivity index (χ1) is 7.97. The third kappa shape index (κ3) is 2.56. The predicted molar refractivity (Wildman–Crippen MR) is 70.5 cm³/mol. The number of hydrogen-bond acceptors (Lipinski definition) is 3. The number of aliphatic hydroxyl groups is 1. The van der Waals surface area contributed by atoms with Gasteiger partial charge in [0.15, 0.2) is 0 Å². The van der Waals surface area contributed by atoms with Gasteiger partial charge < -0.3 is 10.4 Å². The van der Waals surface area contributed by atoms with Gasteiger partial charge in [0.2, 0.25) is 0 Å². The van der Waals surface area contributed by atoms with Crippen molar-refractivity contribution >= 4 is 5.91 Å². The number of hydrogen-bond donors (Lipinski definition) is 2. The topological polar surface area (TPSA) is 67.2 Å². The summed E-state index contributed by atoms with van der Waals surface area (Å²) < 4.78 is 1.68. The smallest absolute Gasteiger partial charge is 0.255 e. The number of aromatic nitrogens is 2. The molecule has 1 aromatic rings. The Bertz CT molecular complexity index is 467. The average molecular weight is 253 g/mol. The van der Waals surface area contributed by atoms with E-state index in [0.29, 0.717) is 11.3 Å². The van der Waals surface area contributed by atoms with Crippen LogP contribution in [0.4, 0.5) is 0 Å². The fourth-order valence-corrected chi connectivity index (χ4v) is 1.60. The molecule has 0 saturated heterocycles. The van der Waals surface area contributed by atoms with Gasteiger partial charge in [-0.3, -0.25) is 9.48 Å². The number of carbonyl (C=O) groups excluding carboxylic acids is 1. The molecule has 1 aromatic heterocycles. The van der Waals surface area contributed by atoms with Crippen LogP contribution in [0, 0.1) is 13.8 Å². The Morgan fingerprint density at radius 3 is 2.11 bits per heavy atom. The third-order valence-corrected chi connectivity index (χ3v) is 3.69. The first-order valence-electron chi connectivity index (χ1n) is 6.02. The number of aryl methyl sites for hydroxylation is 2. The quantitative estimate of drug-likeness (QED) is 0.853. The molecule has 0 bridgehead atoms. The Hall–Kier alpha value is -1.36. The van der Waals surface area contributed by atoms with E-state index >= 15 is 0 Å². The summed E-state index contributed by atoms with van der Waals surface area (Å²) in [6, 6.07) is 0. The van der Waals surface area contributed by atoms with E-state index in [1.165, 1.54) is 0 Å². The Kier molecular flexibility index (Phi) is 3.58. The van der Waals surface area contributed by atoms with E-state index in [-0.39, 0.29) is 5.91 Å². The van der Waals surface area contributed by atoms with Crippen LogP contribution in [0.3, 0.4) is 0 Å². The summed E-state index contributed by atoms with van der Waals surface area (Å²) in [5, 5.41) is 17.1. The molecule has 0 aliphatic carbocycles. The molecular formula is C13H23N3O2. The van der Waals surface area contributed by atoms with E-state index in [1.807, 2.05) is 6.92 Å². The number of carbonyl (C=O) groups is 1. The second kappa shape index (κ2) is 4.39. The van der Waals surface area contributed by atoms with Gasteiger partial charge in [-0.05, 0) is 41.5 Å². The fourth-order valence-electron chi connectivity index (χ4n) is 1.60. The SMILES string of the molecule is Cc1nn(C)c(C)c1C(=O)NC(C)(C)C(C)(C)O. The summed E-state index contributed by atoms with van der Waals surface area (Å²) in [7, 11) is 1.81. The highest BCUT2D eigenvalue weighted by atomic mass is 16.3. The number of rotatable bonds is 3. The number of nitrogens with zero attached hydrogens (tertiary/aromatic N) is 2. The van der Waals surface area contributed by atoms with Gasteiger partial charge in [-0.15, -0.1) is 0 Å². The summed E-state index contributed by atoms with van der Waals surface area (Å²) in [4.78, 5) is 12.3. The van der Waals surface area contributed by atoms with Gasteiger partial charge in [-0.2, -0.15) is 5.10 Å². The maximum atomic E-state index is 12.3. The molecule has 0 atom stereocenters. The van der Waals surface area contributed by atoms with Gasteiger partial charge in [0, 0.05) is 12.7 Å².